The average molecular weight is 425 g/mol. The SMILES string of the molecule is CCCn1cc(CN=C(NC(=O)c2ccc(C)c(F)c2)Nc2cccc(F)c2)c(C)n1. The van der Waals surface area contributed by atoms with Gasteiger partial charge < -0.3 is 5.32 Å². The number of benzene rings is 2. The van der Waals surface area contributed by atoms with Crippen LogP contribution < -0.4 is 10.6 Å². The van der Waals surface area contributed by atoms with E-state index in [0.29, 0.717) is 11.3 Å². The molecule has 31 heavy (non-hydrogen) atoms. The lowest BCUT2D eigenvalue weighted by atomic mass is 10.1. The number of hydrogen-bond acceptors (Lipinski definition) is 3. The third kappa shape index (κ3) is 5.97. The highest BCUT2D eigenvalue weighted by Gasteiger charge is 2.12. The van der Waals surface area contributed by atoms with Gasteiger partial charge in [0.15, 0.2) is 0 Å². The Kier molecular flexibility index (Phi) is 7.12. The van der Waals surface area contributed by atoms with Crippen molar-refractivity contribution in [3.8, 4) is 0 Å². The smallest absolute Gasteiger partial charge is 0.258 e. The molecule has 1 amide bonds. The van der Waals surface area contributed by atoms with E-state index < -0.39 is 17.5 Å². The van der Waals surface area contributed by atoms with Gasteiger partial charge in [-0.25, -0.2) is 13.8 Å². The molecule has 0 aliphatic rings. The van der Waals surface area contributed by atoms with E-state index >= 15 is 0 Å². The van der Waals surface area contributed by atoms with Crippen LogP contribution in [0.2, 0.25) is 0 Å². The van der Waals surface area contributed by atoms with E-state index in [9.17, 15) is 13.6 Å². The van der Waals surface area contributed by atoms with Crippen LogP contribution in [0, 0.1) is 25.5 Å². The van der Waals surface area contributed by atoms with Gasteiger partial charge in [0.05, 0.1) is 12.2 Å². The Bertz CT molecular complexity index is 1110. The minimum absolute atomic E-state index is 0.124. The van der Waals surface area contributed by atoms with Gasteiger partial charge in [0.2, 0.25) is 5.96 Å². The quantitative estimate of drug-likeness (QED) is 0.448. The molecule has 2 aromatic carbocycles. The summed E-state index contributed by atoms with van der Waals surface area (Å²) < 4.78 is 29.3. The number of aromatic nitrogens is 2. The van der Waals surface area contributed by atoms with Gasteiger partial charge in [0.25, 0.3) is 5.91 Å². The minimum atomic E-state index is -0.528. The number of nitrogens with one attached hydrogen (secondary N) is 2. The molecular weight excluding hydrogens is 400 g/mol. The second kappa shape index (κ2) is 9.97. The molecule has 0 aliphatic heterocycles. The molecule has 1 aromatic heterocycles. The Morgan fingerprint density at radius 2 is 1.97 bits per heavy atom. The van der Waals surface area contributed by atoms with Crippen molar-refractivity contribution in [1.29, 1.82) is 0 Å². The van der Waals surface area contributed by atoms with Crippen LogP contribution in [-0.2, 0) is 13.1 Å². The summed E-state index contributed by atoms with van der Waals surface area (Å²) in [6.45, 7) is 6.64. The van der Waals surface area contributed by atoms with Crippen LogP contribution in [0.1, 0.15) is 40.5 Å². The van der Waals surface area contributed by atoms with Gasteiger partial charge in [0, 0.05) is 29.6 Å². The van der Waals surface area contributed by atoms with Gasteiger partial charge in [-0.2, -0.15) is 5.10 Å². The number of carbonyl (C=O) groups is 1. The summed E-state index contributed by atoms with van der Waals surface area (Å²) in [4.78, 5) is 17.1. The van der Waals surface area contributed by atoms with Gasteiger partial charge in [0.1, 0.15) is 11.6 Å². The van der Waals surface area contributed by atoms with Gasteiger partial charge in [-0.05, 0) is 56.2 Å². The second-order valence-electron chi connectivity index (χ2n) is 7.22. The Morgan fingerprint density at radius 3 is 2.68 bits per heavy atom. The number of amides is 1. The molecule has 0 fully saturated rings. The predicted molar refractivity (Wildman–Crippen MR) is 117 cm³/mol. The first-order valence-corrected chi connectivity index (χ1v) is 10.0. The van der Waals surface area contributed by atoms with Crippen molar-refractivity contribution in [2.75, 3.05) is 5.32 Å². The molecule has 0 aliphatic carbocycles. The number of carbonyl (C=O) groups excluding carboxylic acids is 1. The number of anilines is 1. The molecule has 2 N–H and O–H groups in total. The van der Waals surface area contributed by atoms with Crippen molar-refractivity contribution >= 4 is 17.6 Å². The maximum Gasteiger partial charge on any atom is 0.258 e. The average Bonchev–Trinajstić information content (AvgIpc) is 3.07. The lowest BCUT2D eigenvalue weighted by Gasteiger charge is -2.12. The second-order valence-corrected chi connectivity index (χ2v) is 7.22. The molecule has 0 radical (unpaired) electrons. The van der Waals surface area contributed by atoms with E-state index in [-0.39, 0.29) is 18.1 Å². The highest BCUT2D eigenvalue weighted by atomic mass is 19.1. The summed E-state index contributed by atoms with van der Waals surface area (Å²) in [5.74, 6) is -1.30. The van der Waals surface area contributed by atoms with Gasteiger partial charge >= 0.3 is 0 Å². The molecule has 162 valence electrons. The van der Waals surface area contributed by atoms with E-state index in [1.54, 1.807) is 19.1 Å². The zero-order valence-electron chi connectivity index (χ0n) is 17.7. The van der Waals surface area contributed by atoms with Crippen molar-refractivity contribution < 1.29 is 13.6 Å². The summed E-state index contributed by atoms with van der Waals surface area (Å²) in [5, 5.41) is 10.0. The first kappa shape index (κ1) is 22.1. The Balaban J connectivity index is 1.83. The molecule has 3 rings (SSSR count). The molecular formula is C23H25F2N5O. The molecule has 8 heteroatoms. The molecule has 0 saturated carbocycles. The number of rotatable bonds is 6. The normalized spacial score (nSPS) is 11.5. The fraction of sp³-hybridized carbons (Fsp3) is 0.261. The standard InChI is InChI=1S/C23H25F2N5O/c1-4-10-30-14-18(16(3)29-30)13-26-23(27-20-7-5-6-19(24)12-20)28-22(31)17-9-8-15(2)21(25)11-17/h5-9,11-12,14H,4,10,13H2,1-3H3,(H2,26,27,28,31). The summed E-state index contributed by atoms with van der Waals surface area (Å²) in [7, 11) is 0. The van der Waals surface area contributed by atoms with E-state index in [4.69, 9.17) is 0 Å². The molecule has 3 aromatic rings. The number of halogens is 2. The fourth-order valence-electron chi connectivity index (χ4n) is 2.95. The Morgan fingerprint density at radius 1 is 1.16 bits per heavy atom. The van der Waals surface area contributed by atoms with Crippen LogP contribution in [0.4, 0.5) is 14.5 Å². The van der Waals surface area contributed by atoms with Crippen molar-refractivity contribution in [2.45, 2.75) is 40.3 Å². The topological polar surface area (TPSA) is 71.3 Å². The summed E-state index contributed by atoms with van der Waals surface area (Å²) >= 11 is 0. The third-order valence-corrected chi connectivity index (χ3v) is 4.66. The van der Waals surface area contributed by atoms with Crippen molar-refractivity contribution in [2.24, 2.45) is 4.99 Å². The van der Waals surface area contributed by atoms with E-state index in [0.717, 1.165) is 24.2 Å². The van der Waals surface area contributed by atoms with Gasteiger partial charge in [-0.3, -0.25) is 14.8 Å². The van der Waals surface area contributed by atoms with E-state index in [1.807, 2.05) is 17.8 Å². The third-order valence-electron chi connectivity index (χ3n) is 4.66. The number of aryl methyl sites for hydroxylation is 3. The fourth-order valence-corrected chi connectivity index (χ4v) is 2.95. The maximum atomic E-state index is 13.9. The number of nitrogens with zero attached hydrogens (tertiary/aromatic N) is 3. The summed E-state index contributed by atoms with van der Waals surface area (Å²) in [6, 6.07) is 10.0. The monoisotopic (exact) mass is 425 g/mol. The highest BCUT2D eigenvalue weighted by molar-refractivity contribution is 6.09. The molecule has 6 nitrogen and oxygen atoms in total. The predicted octanol–water partition coefficient (Wildman–Crippen LogP) is 4.59. The molecule has 0 bridgehead atoms. The Hall–Kier alpha value is -3.55. The molecule has 0 unspecified atom stereocenters. The van der Waals surface area contributed by atoms with Crippen LogP contribution in [0.15, 0.2) is 53.7 Å². The highest BCUT2D eigenvalue weighted by Crippen LogP contribution is 2.12. The van der Waals surface area contributed by atoms with Crippen LogP contribution in [0.25, 0.3) is 0 Å². The van der Waals surface area contributed by atoms with Crippen molar-refractivity contribution in [1.82, 2.24) is 15.1 Å². The number of aliphatic imine (C=N–C) groups is 1. The first-order valence-electron chi connectivity index (χ1n) is 10.0. The number of hydrogen-bond donors (Lipinski definition) is 2. The molecule has 0 saturated heterocycles. The Labute approximate surface area is 180 Å². The lowest BCUT2D eigenvalue weighted by molar-refractivity contribution is 0.0976. The van der Waals surface area contributed by atoms with E-state index in [1.165, 1.54) is 30.3 Å². The summed E-state index contributed by atoms with van der Waals surface area (Å²) in [6.07, 6.45) is 2.87. The zero-order valence-corrected chi connectivity index (χ0v) is 17.7. The zero-order chi connectivity index (χ0) is 22.4. The first-order chi connectivity index (χ1) is 14.9. The number of guanidine groups is 1. The van der Waals surface area contributed by atoms with Crippen LogP contribution in [-0.4, -0.2) is 21.6 Å². The molecule has 0 atom stereocenters. The molecule has 1 heterocycles. The largest absolute Gasteiger partial charge is 0.326 e. The van der Waals surface area contributed by atoms with Crippen LogP contribution in [0.3, 0.4) is 0 Å². The minimum Gasteiger partial charge on any atom is -0.326 e. The van der Waals surface area contributed by atoms with Crippen LogP contribution in [0.5, 0.6) is 0 Å². The van der Waals surface area contributed by atoms with E-state index in [2.05, 4.69) is 27.6 Å². The van der Waals surface area contributed by atoms with Crippen molar-refractivity contribution in [3.63, 3.8) is 0 Å². The molecule has 0 spiro atoms. The maximum absolute atomic E-state index is 13.9. The van der Waals surface area contributed by atoms with Crippen LogP contribution >= 0.6 is 0 Å². The van der Waals surface area contributed by atoms with Gasteiger partial charge in [-0.1, -0.05) is 19.1 Å². The van der Waals surface area contributed by atoms with Gasteiger partial charge in [-0.15, -0.1) is 0 Å². The summed E-state index contributed by atoms with van der Waals surface area (Å²) in [5.41, 5.74) is 2.77. The lowest BCUT2D eigenvalue weighted by Crippen LogP contribution is -2.36. The van der Waals surface area contributed by atoms with Crippen molar-refractivity contribution in [3.05, 3.63) is 82.7 Å².